The third kappa shape index (κ3) is 6.33. The van der Waals surface area contributed by atoms with E-state index in [2.05, 4.69) is 15.0 Å². The third-order valence-electron chi connectivity index (χ3n) is 3.31. The first-order chi connectivity index (χ1) is 11.9. The van der Waals surface area contributed by atoms with Crippen LogP contribution in [0.1, 0.15) is 5.56 Å². The average Bonchev–Trinajstić information content (AvgIpc) is 2.97. The predicted octanol–water partition coefficient (Wildman–Crippen LogP) is -4.70. The Morgan fingerprint density at radius 2 is 1.96 bits per heavy atom. The Bertz CT molecular complexity index is 1060. The van der Waals surface area contributed by atoms with Crippen molar-refractivity contribution in [2.24, 2.45) is 0 Å². The number of methoxy groups -OCH3 is 1. The maximum absolute atomic E-state index is 11.8. The van der Waals surface area contributed by atoms with Gasteiger partial charge in [-0.25, -0.2) is 4.98 Å². The van der Waals surface area contributed by atoms with E-state index in [1.807, 2.05) is 0 Å². The minimum atomic E-state index is -4.77. The standard InChI is InChI=1S/C15H14N3O5PS.2Na/c1-23-10-3-2-9(4-5-24(20,21)22)11(6-10)25-12-7-16-14-13(12)17-8-18-15(14)19;;/h2-8,16H,1H3,(H,17,18,19)(H2,20,21,22);;/q;2*+1/p-2/b5-4+;;. The van der Waals surface area contributed by atoms with Crippen LogP contribution in [-0.2, 0) is 4.57 Å². The number of nitrogens with zero attached hydrogens (tertiary/aromatic N) is 1. The first kappa shape index (κ1) is 24.7. The molecular formula is C15H12N3Na2O5PS. The zero-order valence-corrected chi connectivity index (χ0v) is 20.6. The quantitative estimate of drug-likeness (QED) is 0.311. The van der Waals surface area contributed by atoms with Crippen molar-refractivity contribution in [1.29, 1.82) is 0 Å². The van der Waals surface area contributed by atoms with Gasteiger partial charge in [0.25, 0.3) is 5.56 Å². The molecule has 12 heteroatoms. The van der Waals surface area contributed by atoms with E-state index >= 15 is 0 Å². The van der Waals surface area contributed by atoms with Crippen LogP contribution in [0.2, 0.25) is 0 Å². The van der Waals surface area contributed by atoms with E-state index in [-0.39, 0.29) is 64.7 Å². The van der Waals surface area contributed by atoms with Gasteiger partial charge in [0.05, 0.1) is 18.3 Å². The second-order valence-electron chi connectivity index (χ2n) is 4.97. The molecule has 3 aromatic rings. The van der Waals surface area contributed by atoms with Crippen LogP contribution >= 0.6 is 19.4 Å². The number of aromatic nitrogens is 3. The van der Waals surface area contributed by atoms with Crippen LogP contribution < -0.4 is 79.2 Å². The number of H-pyrrole nitrogens is 2. The molecule has 0 atom stereocenters. The zero-order valence-electron chi connectivity index (χ0n) is 14.9. The van der Waals surface area contributed by atoms with Crippen LogP contribution in [0.15, 0.2) is 51.1 Å². The average molecular weight is 423 g/mol. The molecule has 2 heterocycles. The van der Waals surface area contributed by atoms with Crippen molar-refractivity contribution >= 4 is 36.5 Å². The van der Waals surface area contributed by atoms with Crippen molar-refractivity contribution in [1.82, 2.24) is 15.0 Å². The van der Waals surface area contributed by atoms with E-state index in [1.165, 1.54) is 31.3 Å². The van der Waals surface area contributed by atoms with E-state index in [0.717, 1.165) is 0 Å². The second kappa shape index (κ2) is 10.5. The minimum absolute atomic E-state index is 0. The molecule has 0 amide bonds. The van der Waals surface area contributed by atoms with Gasteiger partial charge in [0.2, 0.25) is 0 Å². The largest absolute Gasteiger partial charge is 1.00 e. The molecular weight excluding hydrogens is 411 g/mol. The van der Waals surface area contributed by atoms with Crippen molar-refractivity contribution < 1.29 is 78.2 Å². The fourth-order valence-corrected chi connectivity index (χ4v) is 3.54. The summed E-state index contributed by atoms with van der Waals surface area (Å²) < 4.78 is 16.1. The maximum Gasteiger partial charge on any atom is 1.00 e. The van der Waals surface area contributed by atoms with Gasteiger partial charge >= 0.3 is 59.1 Å². The Morgan fingerprint density at radius 1 is 1.22 bits per heavy atom. The molecule has 8 nitrogen and oxygen atoms in total. The number of hydrogen-bond donors (Lipinski definition) is 2. The first-order valence-corrected chi connectivity index (χ1v) is 9.42. The fourth-order valence-electron chi connectivity index (χ4n) is 2.16. The van der Waals surface area contributed by atoms with Gasteiger partial charge in [0.15, 0.2) is 0 Å². The van der Waals surface area contributed by atoms with Crippen molar-refractivity contribution in [2.75, 3.05) is 7.11 Å². The summed E-state index contributed by atoms with van der Waals surface area (Å²) in [5.74, 6) is 1.19. The molecule has 0 radical (unpaired) electrons. The van der Waals surface area contributed by atoms with Gasteiger partial charge in [-0.1, -0.05) is 29.7 Å². The van der Waals surface area contributed by atoms with E-state index in [0.29, 0.717) is 38.0 Å². The van der Waals surface area contributed by atoms with Gasteiger partial charge in [-0.2, -0.15) is 0 Å². The van der Waals surface area contributed by atoms with Crippen LogP contribution in [-0.4, -0.2) is 22.1 Å². The van der Waals surface area contributed by atoms with E-state index in [4.69, 9.17) is 4.74 Å². The van der Waals surface area contributed by atoms with E-state index in [9.17, 15) is 19.1 Å². The topological polar surface area (TPSA) is 134 Å². The molecule has 0 spiro atoms. The van der Waals surface area contributed by atoms with Gasteiger partial charge in [0.1, 0.15) is 16.8 Å². The number of aromatic amines is 2. The minimum Gasteiger partial charge on any atom is -0.808 e. The van der Waals surface area contributed by atoms with Gasteiger partial charge in [-0.15, -0.1) is 0 Å². The number of nitrogens with one attached hydrogen (secondary N) is 2. The molecule has 130 valence electrons. The van der Waals surface area contributed by atoms with Crippen LogP contribution in [0.4, 0.5) is 0 Å². The fraction of sp³-hybridized carbons (Fsp3) is 0.0667. The molecule has 2 N–H and O–H groups in total. The summed E-state index contributed by atoms with van der Waals surface area (Å²) in [5, 5.41) is 0. The molecule has 0 unspecified atom stereocenters. The summed E-state index contributed by atoms with van der Waals surface area (Å²) in [6, 6.07) is 5.00. The summed E-state index contributed by atoms with van der Waals surface area (Å²) >= 11 is 1.27. The van der Waals surface area contributed by atoms with Crippen molar-refractivity contribution in [2.45, 2.75) is 9.79 Å². The third-order valence-corrected chi connectivity index (χ3v) is 4.93. The molecule has 0 saturated carbocycles. The van der Waals surface area contributed by atoms with Crippen molar-refractivity contribution in [3.05, 3.63) is 52.5 Å². The Hall–Kier alpha value is -0.320. The summed E-state index contributed by atoms with van der Waals surface area (Å²) in [6.07, 6.45) is 4.17. The van der Waals surface area contributed by atoms with Crippen LogP contribution in [0, 0.1) is 0 Å². The smallest absolute Gasteiger partial charge is 0.808 e. The van der Waals surface area contributed by atoms with Crippen LogP contribution in [0.5, 0.6) is 5.75 Å². The second-order valence-corrected chi connectivity index (χ2v) is 7.43. The molecule has 0 aliphatic rings. The van der Waals surface area contributed by atoms with E-state index < -0.39 is 7.60 Å². The van der Waals surface area contributed by atoms with Crippen molar-refractivity contribution in [3.8, 4) is 5.75 Å². The van der Waals surface area contributed by atoms with Gasteiger partial charge < -0.3 is 29.1 Å². The first-order valence-electron chi connectivity index (χ1n) is 6.99. The zero-order chi connectivity index (χ0) is 18.0. The molecule has 27 heavy (non-hydrogen) atoms. The van der Waals surface area contributed by atoms with Crippen LogP contribution in [0.25, 0.3) is 17.1 Å². The van der Waals surface area contributed by atoms with Crippen LogP contribution in [0.3, 0.4) is 0 Å². The summed E-state index contributed by atoms with van der Waals surface area (Å²) in [7, 11) is -3.26. The SMILES string of the molecule is COc1ccc(/C=C/P(=O)([O-])[O-])c(Sc2c[nH]c3c(=O)[nH]cnc23)c1.[Na+].[Na+]. The molecule has 1 aromatic carbocycles. The molecule has 0 saturated heterocycles. The Labute approximate surface area is 203 Å². The predicted molar refractivity (Wildman–Crippen MR) is 90.5 cm³/mol. The summed E-state index contributed by atoms with van der Waals surface area (Å²) in [6.45, 7) is 0. The summed E-state index contributed by atoms with van der Waals surface area (Å²) in [5.41, 5.74) is 1.07. The molecule has 0 aliphatic carbocycles. The normalized spacial score (nSPS) is 11.2. The van der Waals surface area contributed by atoms with E-state index in [1.54, 1.807) is 24.4 Å². The van der Waals surface area contributed by atoms with Crippen molar-refractivity contribution in [3.63, 3.8) is 0 Å². The number of benzene rings is 1. The number of ether oxygens (including phenoxy) is 1. The van der Waals surface area contributed by atoms with Gasteiger partial charge in [0, 0.05) is 11.1 Å². The maximum atomic E-state index is 11.8. The Balaban J connectivity index is 0.00000182. The number of rotatable bonds is 5. The Morgan fingerprint density at radius 3 is 2.63 bits per heavy atom. The number of hydrogen-bond acceptors (Lipinski definition) is 7. The summed E-state index contributed by atoms with van der Waals surface area (Å²) in [4.78, 5) is 44.3. The van der Waals surface area contributed by atoms with Gasteiger partial charge in [-0.05, 0) is 25.3 Å². The Kier molecular flexibility index (Phi) is 9.57. The molecule has 0 aliphatic heterocycles. The number of fused-ring (bicyclic) bond motifs is 1. The monoisotopic (exact) mass is 423 g/mol. The molecule has 0 fully saturated rings. The molecule has 0 bridgehead atoms. The van der Waals surface area contributed by atoms with Gasteiger partial charge in [-0.3, -0.25) is 4.79 Å². The molecule has 2 aromatic heterocycles. The molecule has 3 rings (SSSR count).